The van der Waals surface area contributed by atoms with E-state index in [2.05, 4.69) is 19.2 Å². The van der Waals surface area contributed by atoms with Gasteiger partial charge in [0.2, 0.25) is 0 Å². The number of carbonyl (C=O) groups is 1. The number of rotatable bonds is 6. The molecule has 1 amide bonds. The number of carbonyl (C=O) groups excluding carboxylic acids is 1. The Bertz CT molecular complexity index is 451. The lowest BCUT2D eigenvalue weighted by Crippen LogP contribution is -2.46. The summed E-state index contributed by atoms with van der Waals surface area (Å²) < 4.78 is 5.29. The van der Waals surface area contributed by atoms with E-state index < -0.39 is 17.8 Å². The first-order chi connectivity index (χ1) is 10.2. The predicted octanol–water partition coefficient (Wildman–Crippen LogP) is 3.53. The highest BCUT2D eigenvalue weighted by atomic mass is 16.6. The molecule has 1 aromatic rings. The van der Waals surface area contributed by atoms with Crippen LogP contribution in [0.5, 0.6) is 0 Å². The van der Waals surface area contributed by atoms with Crippen LogP contribution < -0.4 is 5.32 Å². The summed E-state index contributed by atoms with van der Waals surface area (Å²) in [6.45, 7) is 9.61. The third-order valence-electron chi connectivity index (χ3n) is 3.18. The minimum atomic E-state index is -0.641. The van der Waals surface area contributed by atoms with Crippen LogP contribution in [0.25, 0.3) is 0 Å². The molecule has 0 saturated carbocycles. The molecule has 0 heterocycles. The van der Waals surface area contributed by atoms with Crippen molar-refractivity contribution in [2.75, 3.05) is 0 Å². The molecule has 4 heteroatoms. The number of benzene rings is 1. The van der Waals surface area contributed by atoms with Gasteiger partial charge in [-0.05, 0) is 38.7 Å². The van der Waals surface area contributed by atoms with E-state index in [4.69, 9.17) is 4.74 Å². The van der Waals surface area contributed by atoms with E-state index in [9.17, 15) is 9.90 Å². The summed E-state index contributed by atoms with van der Waals surface area (Å²) in [6, 6.07) is 9.46. The summed E-state index contributed by atoms with van der Waals surface area (Å²) in [5, 5.41) is 13.3. The second kappa shape index (κ2) is 8.18. The average molecular weight is 307 g/mol. The van der Waals surface area contributed by atoms with Gasteiger partial charge in [-0.3, -0.25) is 0 Å². The molecule has 1 rings (SSSR count). The molecule has 0 aliphatic rings. The normalized spacial score (nSPS) is 14.5. The smallest absolute Gasteiger partial charge is 0.407 e. The first-order valence-electron chi connectivity index (χ1n) is 7.89. The molecule has 0 saturated heterocycles. The van der Waals surface area contributed by atoms with Gasteiger partial charge in [0.05, 0.1) is 12.1 Å². The molecule has 0 radical (unpaired) electrons. The Balaban J connectivity index is 2.68. The van der Waals surface area contributed by atoms with Crippen LogP contribution in [-0.4, -0.2) is 28.9 Å². The fourth-order valence-electron chi connectivity index (χ4n) is 2.28. The van der Waals surface area contributed by atoms with Gasteiger partial charge in [0.1, 0.15) is 5.60 Å². The summed E-state index contributed by atoms with van der Waals surface area (Å²) in [4.78, 5) is 12.0. The summed E-state index contributed by atoms with van der Waals surface area (Å²) in [7, 11) is 0. The van der Waals surface area contributed by atoms with Crippen LogP contribution in [0.3, 0.4) is 0 Å². The number of hydrogen-bond donors (Lipinski definition) is 2. The van der Waals surface area contributed by atoms with Crippen molar-refractivity contribution in [1.29, 1.82) is 0 Å². The minimum Gasteiger partial charge on any atom is -0.444 e. The number of alkyl carbamates (subject to hydrolysis) is 1. The zero-order chi connectivity index (χ0) is 16.8. The number of aliphatic hydroxyl groups excluding tert-OH is 1. The van der Waals surface area contributed by atoms with E-state index >= 15 is 0 Å². The van der Waals surface area contributed by atoms with Crippen molar-refractivity contribution in [1.82, 2.24) is 5.32 Å². The third-order valence-corrected chi connectivity index (χ3v) is 3.18. The molecule has 0 aliphatic heterocycles. The first-order valence-corrected chi connectivity index (χ1v) is 7.89. The molecule has 2 atom stereocenters. The van der Waals surface area contributed by atoms with Gasteiger partial charge in [-0.15, -0.1) is 0 Å². The van der Waals surface area contributed by atoms with Crippen molar-refractivity contribution >= 4 is 6.09 Å². The molecular weight excluding hydrogens is 278 g/mol. The van der Waals surface area contributed by atoms with Crippen LogP contribution in [0.1, 0.15) is 46.6 Å². The van der Waals surface area contributed by atoms with E-state index in [0.717, 1.165) is 5.56 Å². The van der Waals surface area contributed by atoms with Crippen molar-refractivity contribution in [2.45, 2.75) is 65.2 Å². The fourth-order valence-corrected chi connectivity index (χ4v) is 2.28. The van der Waals surface area contributed by atoms with E-state index in [1.807, 2.05) is 51.1 Å². The zero-order valence-electron chi connectivity index (χ0n) is 14.3. The van der Waals surface area contributed by atoms with Gasteiger partial charge in [-0.25, -0.2) is 4.79 Å². The lowest BCUT2D eigenvalue weighted by Gasteiger charge is -2.28. The van der Waals surface area contributed by atoms with Crippen molar-refractivity contribution in [3.63, 3.8) is 0 Å². The van der Waals surface area contributed by atoms with Crippen LogP contribution in [-0.2, 0) is 11.2 Å². The van der Waals surface area contributed by atoms with Gasteiger partial charge in [-0.1, -0.05) is 44.2 Å². The van der Waals surface area contributed by atoms with Gasteiger partial charge in [0.15, 0.2) is 0 Å². The van der Waals surface area contributed by atoms with E-state index in [1.54, 1.807) is 0 Å². The lowest BCUT2D eigenvalue weighted by molar-refractivity contribution is 0.0404. The van der Waals surface area contributed by atoms with Gasteiger partial charge in [-0.2, -0.15) is 0 Å². The first kappa shape index (κ1) is 18.5. The van der Waals surface area contributed by atoms with Crippen LogP contribution in [0, 0.1) is 5.92 Å². The Morgan fingerprint density at radius 1 is 1.23 bits per heavy atom. The average Bonchev–Trinajstić information content (AvgIpc) is 2.36. The Labute approximate surface area is 133 Å². The summed E-state index contributed by atoms with van der Waals surface area (Å²) in [6.07, 6.45) is 0.0870. The molecule has 0 aromatic heterocycles. The molecule has 22 heavy (non-hydrogen) atoms. The van der Waals surface area contributed by atoms with Gasteiger partial charge in [0, 0.05) is 6.42 Å². The van der Waals surface area contributed by atoms with Crippen molar-refractivity contribution in [3.8, 4) is 0 Å². The molecule has 0 spiro atoms. The maximum Gasteiger partial charge on any atom is 0.407 e. The molecule has 0 bridgehead atoms. The molecular formula is C18H29NO3. The van der Waals surface area contributed by atoms with Gasteiger partial charge in [0.25, 0.3) is 0 Å². The van der Waals surface area contributed by atoms with Gasteiger partial charge < -0.3 is 15.2 Å². The summed E-state index contributed by atoms with van der Waals surface area (Å²) in [5.74, 6) is 0.366. The lowest BCUT2D eigenvalue weighted by atomic mass is 9.95. The highest BCUT2D eigenvalue weighted by Crippen LogP contribution is 2.14. The van der Waals surface area contributed by atoms with Crippen LogP contribution in [0.15, 0.2) is 30.3 Å². The standard InChI is InChI=1S/C18H29NO3/c1-13(2)11-15(19-17(21)22-18(3,4)5)16(20)12-14-9-7-6-8-10-14/h6-10,13,15-16,20H,11-12H2,1-5H3,(H,19,21)/t15-,16-/m0/s1. The molecule has 4 nitrogen and oxygen atoms in total. The number of ether oxygens (including phenoxy) is 1. The SMILES string of the molecule is CC(C)C[C@H](NC(=O)OC(C)(C)C)[C@@H](O)Cc1ccccc1. The molecule has 0 unspecified atom stereocenters. The second-order valence-electron chi connectivity index (χ2n) is 7.14. The van der Waals surface area contributed by atoms with E-state index in [-0.39, 0.29) is 6.04 Å². The Kier molecular flexibility index (Phi) is 6.88. The largest absolute Gasteiger partial charge is 0.444 e. The highest BCUT2D eigenvalue weighted by Gasteiger charge is 2.25. The number of aliphatic hydroxyl groups is 1. The number of hydrogen-bond acceptors (Lipinski definition) is 3. The van der Waals surface area contributed by atoms with E-state index in [1.165, 1.54) is 0 Å². The molecule has 124 valence electrons. The molecule has 1 aromatic carbocycles. The van der Waals surface area contributed by atoms with Crippen molar-refractivity contribution in [3.05, 3.63) is 35.9 Å². The molecule has 2 N–H and O–H groups in total. The molecule has 0 fully saturated rings. The monoisotopic (exact) mass is 307 g/mol. The van der Waals surface area contributed by atoms with Crippen LogP contribution in [0.4, 0.5) is 4.79 Å². The Morgan fingerprint density at radius 3 is 2.32 bits per heavy atom. The maximum absolute atomic E-state index is 12.0. The maximum atomic E-state index is 12.0. The van der Waals surface area contributed by atoms with Crippen LogP contribution in [0.2, 0.25) is 0 Å². The second-order valence-corrected chi connectivity index (χ2v) is 7.14. The molecule has 0 aliphatic carbocycles. The topological polar surface area (TPSA) is 58.6 Å². The van der Waals surface area contributed by atoms with Crippen molar-refractivity contribution in [2.24, 2.45) is 5.92 Å². The Hall–Kier alpha value is -1.55. The van der Waals surface area contributed by atoms with E-state index in [0.29, 0.717) is 18.8 Å². The third kappa shape index (κ3) is 7.46. The van der Waals surface area contributed by atoms with Gasteiger partial charge >= 0.3 is 6.09 Å². The Morgan fingerprint density at radius 2 is 1.82 bits per heavy atom. The fraction of sp³-hybridized carbons (Fsp3) is 0.611. The number of amides is 1. The highest BCUT2D eigenvalue weighted by molar-refractivity contribution is 5.68. The zero-order valence-corrected chi connectivity index (χ0v) is 14.3. The summed E-state index contributed by atoms with van der Waals surface area (Å²) in [5.41, 5.74) is 0.506. The van der Waals surface area contributed by atoms with Crippen molar-refractivity contribution < 1.29 is 14.6 Å². The summed E-state index contributed by atoms with van der Waals surface area (Å²) >= 11 is 0. The quantitative estimate of drug-likeness (QED) is 0.845. The number of nitrogens with one attached hydrogen (secondary N) is 1. The minimum absolute atomic E-state index is 0.324. The van der Waals surface area contributed by atoms with Crippen LogP contribution >= 0.6 is 0 Å². The predicted molar refractivity (Wildman–Crippen MR) is 88.8 cm³/mol.